The number of nitrogens with zero attached hydrogens (tertiary/aromatic N) is 1. The quantitative estimate of drug-likeness (QED) is 0.631. The maximum atomic E-state index is 13.0. The molecule has 1 aromatic carbocycles. The number of phenols is 1. The lowest BCUT2D eigenvalue weighted by Gasteiger charge is -2.24. The minimum Gasteiger partial charge on any atom is -0.505 e. The molecule has 0 aromatic heterocycles. The Bertz CT molecular complexity index is 427. The summed E-state index contributed by atoms with van der Waals surface area (Å²) in [6.07, 6.45) is 0. The van der Waals surface area contributed by atoms with E-state index in [4.69, 9.17) is 0 Å². The molecule has 0 unspecified atom stereocenters. The van der Waals surface area contributed by atoms with Crippen molar-refractivity contribution in [2.24, 2.45) is 0 Å². The van der Waals surface area contributed by atoms with Crippen LogP contribution in [0.3, 0.4) is 0 Å². The zero-order valence-electron chi connectivity index (χ0n) is 7.54. The normalized spacial score (nSPS) is 16.5. The number of ketones is 1. The van der Waals surface area contributed by atoms with Gasteiger partial charge in [0.15, 0.2) is 17.3 Å². The van der Waals surface area contributed by atoms with Gasteiger partial charge in [-0.05, 0) is 26.8 Å². The molecular formula is C9H7FINO2S. The van der Waals surface area contributed by atoms with E-state index in [1.54, 1.807) is 0 Å². The van der Waals surface area contributed by atoms with E-state index in [0.717, 1.165) is 6.07 Å². The molecule has 6 heteroatoms. The molecule has 2 rings (SSSR count). The number of Topliss-reactive ketones (excluding diaryl/α,β-unsaturated/α-hetero) is 1. The molecule has 0 saturated carbocycles. The highest BCUT2D eigenvalue weighted by atomic mass is 127. The third-order valence-electron chi connectivity index (χ3n) is 2.24. The lowest BCUT2D eigenvalue weighted by atomic mass is 9.99. The summed E-state index contributed by atoms with van der Waals surface area (Å²) >= 11 is 2.08. The monoisotopic (exact) mass is 339 g/mol. The molecule has 0 radical (unpaired) electrons. The highest BCUT2D eigenvalue weighted by molar-refractivity contribution is 14.2. The number of aromatic hydroxyl groups is 1. The fourth-order valence-corrected chi connectivity index (χ4v) is 2.73. The molecule has 0 amide bonds. The maximum Gasteiger partial charge on any atom is 0.178 e. The second-order valence-electron chi connectivity index (χ2n) is 3.25. The van der Waals surface area contributed by atoms with Gasteiger partial charge in [-0.25, -0.2) is 8.70 Å². The van der Waals surface area contributed by atoms with Crippen molar-refractivity contribution in [2.45, 2.75) is 6.54 Å². The first-order valence-corrected chi connectivity index (χ1v) is 7.51. The van der Waals surface area contributed by atoms with Crippen molar-refractivity contribution >= 4 is 36.1 Å². The van der Waals surface area contributed by atoms with Gasteiger partial charge in [-0.15, -0.1) is 0 Å². The molecule has 1 aliphatic heterocycles. The van der Waals surface area contributed by atoms with Crippen LogP contribution in [0.5, 0.6) is 5.75 Å². The highest BCUT2D eigenvalue weighted by Crippen LogP contribution is 2.30. The van der Waals surface area contributed by atoms with Gasteiger partial charge in [0.25, 0.3) is 0 Å². The van der Waals surface area contributed by atoms with Crippen molar-refractivity contribution in [1.29, 1.82) is 0 Å². The molecule has 0 spiro atoms. The smallest absolute Gasteiger partial charge is 0.178 e. The summed E-state index contributed by atoms with van der Waals surface area (Å²) in [5, 5.41) is 9.21. The summed E-state index contributed by atoms with van der Waals surface area (Å²) in [4.78, 5) is 11.6. The minimum absolute atomic E-state index is 0.112. The van der Waals surface area contributed by atoms with Crippen LogP contribution < -0.4 is 0 Å². The fraction of sp³-hybridized carbons (Fsp3) is 0.222. The molecule has 0 aliphatic carbocycles. The Labute approximate surface area is 102 Å². The van der Waals surface area contributed by atoms with Crippen LogP contribution in [0.1, 0.15) is 15.9 Å². The van der Waals surface area contributed by atoms with Crippen molar-refractivity contribution in [3.05, 3.63) is 29.1 Å². The second-order valence-corrected chi connectivity index (χ2v) is 5.09. The molecule has 15 heavy (non-hydrogen) atoms. The fourth-order valence-electron chi connectivity index (χ4n) is 1.54. The predicted molar refractivity (Wildman–Crippen MR) is 64.4 cm³/mol. The number of rotatable bonds is 1. The molecular weight excluding hydrogens is 332 g/mol. The predicted octanol–water partition coefficient (Wildman–Crippen LogP) is 2.53. The Hall–Kier alpha value is -0.340. The summed E-state index contributed by atoms with van der Waals surface area (Å²) in [7, 11) is 1.43. The highest BCUT2D eigenvalue weighted by Gasteiger charge is 2.24. The Morgan fingerprint density at radius 1 is 1.47 bits per heavy atom. The molecule has 0 fully saturated rings. The van der Waals surface area contributed by atoms with Gasteiger partial charge in [0, 0.05) is 33.3 Å². The molecule has 0 atom stereocenters. The van der Waals surface area contributed by atoms with Gasteiger partial charge in [-0.2, -0.15) is 0 Å². The van der Waals surface area contributed by atoms with Crippen molar-refractivity contribution in [1.82, 2.24) is 4.31 Å². The maximum absolute atomic E-state index is 13.0. The van der Waals surface area contributed by atoms with E-state index in [1.165, 1.54) is 15.2 Å². The Kier molecular flexibility index (Phi) is 3.17. The van der Waals surface area contributed by atoms with E-state index < -0.39 is 11.6 Å². The van der Waals surface area contributed by atoms with E-state index in [9.17, 15) is 14.3 Å². The molecule has 1 aromatic rings. The largest absolute Gasteiger partial charge is 0.505 e. The van der Waals surface area contributed by atoms with Gasteiger partial charge in [0.1, 0.15) is 0 Å². The van der Waals surface area contributed by atoms with Crippen molar-refractivity contribution in [3.63, 3.8) is 0 Å². The molecule has 1 aliphatic rings. The topological polar surface area (TPSA) is 40.5 Å². The van der Waals surface area contributed by atoms with Crippen LogP contribution in [0.4, 0.5) is 4.39 Å². The number of hydrogen-bond acceptors (Lipinski definition) is 4. The third-order valence-corrected chi connectivity index (χ3v) is 4.36. The van der Waals surface area contributed by atoms with Crippen LogP contribution in [-0.4, -0.2) is 21.7 Å². The van der Waals surface area contributed by atoms with E-state index in [-0.39, 0.29) is 12.3 Å². The number of benzene rings is 1. The first-order chi connectivity index (χ1) is 7.11. The lowest BCUT2D eigenvalue weighted by molar-refractivity contribution is 0.0955. The van der Waals surface area contributed by atoms with Gasteiger partial charge in [-0.3, -0.25) is 4.79 Å². The first kappa shape index (κ1) is 11.2. The Morgan fingerprint density at radius 3 is 2.87 bits per heavy atom. The molecule has 1 heterocycles. The van der Waals surface area contributed by atoms with Crippen LogP contribution in [0, 0.1) is 5.82 Å². The van der Waals surface area contributed by atoms with Gasteiger partial charge in [0.05, 0.1) is 6.54 Å². The Morgan fingerprint density at radius 2 is 2.20 bits per heavy atom. The van der Waals surface area contributed by atoms with Crippen LogP contribution in [0.2, 0.25) is 0 Å². The Balaban J connectivity index is 2.46. The number of carbonyl (C=O) groups excluding carboxylic acids is 1. The minimum atomic E-state index is -0.738. The standard InChI is InChI=1S/C9H7FINO2S/c10-7-2-6-5(1-8(7)13)3-12(15-11)4-9(6)14/h1-2,13H,3-4H2. The molecule has 0 saturated heterocycles. The van der Waals surface area contributed by atoms with E-state index in [1.807, 2.05) is 4.31 Å². The van der Waals surface area contributed by atoms with Crippen LogP contribution in [0.25, 0.3) is 0 Å². The average molecular weight is 339 g/mol. The summed E-state index contributed by atoms with van der Waals surface area (Å²) < 4.78 is 14.9. The SMILES string of the molecule is O=C1CN(SI)Cc2cc(O)c(F)cc21. The number of fused-ring (bicyclic) bond motifs is 1. The van der Waals surface area contributed by atoms with Crippen LogP contribution >= 0.6 is 30.3 Å². The molecule has 80 valence electrons. The van der Waals surface area contributed by atoms with Crippen molar-refractivity contribution in [3.8, 4) is 5.75 Å². The zero-order chi connectivity index (χ0) is 11.0. The summed E-state index contributed by atoms with van der Waals surface area (Å²) in [6.45, 7) is 0.827. The molecule has 3 nitrogen and oxygen atoms in total. The van der Waals surface area contributed by atoms with Crippen LogP contribution in [-0.2, 0) is 6.54 Å². The van der Waals surface area contributed by atoms with E-state index in [0.29, 0.717) is 17.7 Å². The van der Waals surface area contributed by atoms with Crippen molar-refractivity contribution < 1.29 is 14.3 Å². The number of halogens is 2. The first-order valence-electron chi connectivity index (χ1n) is 4.20. The number of hydrogen-bond donors (Lipinski definition) is 1. The van der Waals surface area contributed by atoms with Crippen LogP contribution in [0.15, 0.2) is 12.1 Å². The lowest BCUT2D eigenvalue weighted by Crippen LogP contribution is -2.29. The van der Waals surface area contributed by atoms with Gasteiger partial charge in [-0.1, -0.05) is 0 Å². The summed E-state index contributed by atoms with van der Waals surface area (Å²) in [5.74, 6) is -1.25. The average Bonchev–Trinajstić information content (AvgIpc) is 2.21. The molecule has 1 N–H and O–H groups in total. The zero-order valence-corrected chi connectivity index (χ0v) is 10.5. The number of carbonyl (C=O) groups is 1. The van der Waals surface area contributed by atoms with Gasteiger partial charge in [0.2, 0.25) is 0 Å². The van der Waals surface area contributed by atoms with Gasteiger partial charge >= 0.3 is 0 Å². The summed E-state index contributed by atoms with van der Waals surface area (Å²) in [5.41, 5.74) is 1.06. The second kappa shape index (κ2) is 4.26. The van der Waals surface area contributed by atoms with E-state index >= 15 is 0 Å². The third kappa shape index (κ3) is 2.11. The van der Waals surface area contributed by atoms with Crippen molar-refractivity contribution in [2.75, 3.05) is 6.54 Å². The van der Waals surface area contributed by atoms with E-state index in [2.05, 4.69) is 21.2 Å². The number of phenolic OH excluding ortho intramolecular Hbond substituents is 1. The summed E-state index contributed by atoms with van der Waals surface area (Å²) in [6, 6.07) is 2.43. The molecule has 0 bridgehead atoms. The van der Waals surface area contributed by atoms with Gasteiger partial charge < -0.3 is 5.11 Å².